The molecule has 0 radical (unpaired) electrons. The lowest BCUT2D eigenvalue weighted by molar-refractivity contribution is 1.10. The third kappa shape index (κ3) is 3.77. The average molecular weight is 300 g/mol. The number of nitrogens with two attached hydrogens (primary N) is 2. The molecular weight excluding hydrogens is 280 g/mol. The van der Waals surface area contributed by atoms with Crippen LogP contribution in [0.15, 0.2) is 53.6 Å². The van der Waals surface area contributed by atoms with E-state index in [4.69, 9.17) is 11.7 Å². The lowest BCUT2D eigenvalue weighted by atomic mass is 10.1. The zero-order chi connectivity index (χ0) is 15.2. The van der Waals surface area contributed by atoms with Crippen LogP contribution < -0.4 is 16.7 Å². The summed E-state index contributed by atoms with van der Waals surface area (Å²) < 4.78 is 0. The van der Waals surface area contributed by atoms with Crippen LogP contribution in [0.1, 0.15) is 16.7 Å². The van der Waals surface area contributed by atoms with Crippen LogP contribution in [0.3, 0.4) is 0 Å². The predicted octanol–water partition coefficient (Wildman–Crippen LogP) is 3.15. The number of hydrogen-bond donors (Lipinski definition) is 2. The second-order valence-electron chi connectivity index (χ2n) is 4.78. The summed E-state index contributed by atoms with van der Waals surface area (Å²) in [6.45, 7) is 4.10. The molecule has 4 N–H and O–H groups in total. The highest BCUT2D eigenvalue weighted by Crippen LogP contribution is 2.23. The number of hydrogen-bond acceptors (Lipinski definition) is 4. The number of anilines is 1. The van der Waals surface area contributed by atoms with Gasteiger partial charge < -0.3 is 5.84 Å². The normalized spacial score (nSPS) is 11.5. The molecule has 0 atom stereocenters. The standard InChI is InChI=1S/C16H20N4S/c1-12-7-3-5-9-14(12)11-21-16(19-17)20(18)15-10-6-4-8-13(15)2/h3-10H,11,17-18H2,1-2H3/b19-16+. The van der Waals surface area contributed by atoms with Crippen molar-refractivity contribution in [1.82, 2.24) is 0 Å². The second kappa shape index (κ2) is 7.15. The van der Waals surface area contributed by atoms with Crippen LogP contribution in [0.4, 0.5) is 5.69 Å². The van der Waals surface area contributed by atoms with Gasteiger partial charge in [0.25, 0.3) is 0 Å². The Bertz CT molecular complexity index is 640. The maximum atomic E-state index is 6.15. The van der Waals surface area contributed by atoms with E-state index in [0.717, 1.165) is 17.0 Å². The molecule has 0 saturated heterocycles. The molecule has 0 saturated carbocycles. The third-order valence-corrected chi connectivity index (χ3v) is 4.33. The number of hydrazine groups is 1. The summed E-state index contributed by atoms with van der Waals surface area (Å²) >= 11 is 1.53. The molecule has 4 nitrogen and oxygen atoms in total. The lowest BCUT2D eigenvalue weighted by Gasteiger charge is -2.21. The Morgan fingerprint density at radius 3 is 2.29 bits per heavy atom. The quantitative estimate of drug-likeness (QED) is 0.395. The highest BCUT2D eigenvalue weighted by molar-refractivity contribution is 8.13. The van der Waals surface area contributed by atoms with E-state index in [1.807, 2.05) is 43.3 Å². The molecule has 0 heterocycles. The molecule has 110 valence electrons. The van der Waals surface area contributed by atoms with E-state index in [1.165, 1.54) is 27.9 Å². The van der Waals surface area contributed by atoms with Crippen molar-refractivity contribution in [1.29, 1.82) is 0 Å². The largest absolute Gasteiger partial charge is 0.321 e. The van der Waals surface area contributed by atoms with Gasteiger partial charge >= 0.3 is 0 Å². The van der Waals surface area contributed by atoms with E-state index in [9.17, 15) is 0 Å². The van der Waals surface area contributed by atoms with E-state index >= 15 is 0 Å². The summed E-state index contributed by atoms with van der Waals surface area (Å²) in [6, 6.07) is 16.1. The number of thioether (sulfide) groups is 1. The SMILES string of the molecule is Cc1ccccc1CS/C(=N/N)N(N)c1ccccc1C. The van der Waals surface area contributed by atoms with Crippen LogP contribution in [0.5, 0.6) is 0 Å². The van der Waals surface area contributed by atoms with Crippen molar-refractivity contribution >= 4 is 22.6 Å². The van der Waals surface area contributed by atoms with Gasteiger partial charge in [0.1, 0.15) is 0 Å². The molecule has 0 unspecified atom stereocenters. The van der Waals surface area contributed by atoms with E-state index < -0.39 is 0 Å². The molecule has 0 aromatic heterocycles. The fourth-order valence-electron chi connectivity index (χ4n) is 2.02. The van der Waals surface area contributed by atoms with Gasteiger partial charge in [0.2, 0.25) is 5.17 Å². The van der Waals surface area contributed by atoms with Crippen LogP contribution in [0.2, 0.25) is 0 Å². The first-order valence-corrected chi connectivity index (χ1v) is 7.67. The van der Waals surface area contributed by atoms with Gasteiger partial charge in [-0.25, -0.2) is 5.84 Å². The average Bonchev–Trinajstić information content (AvgIpc) is 2.50. The van der Waals surface area contributed by atoms with Gasteiger partial charge in [-0.1, -0.05) is 54.2 Å². The Balaban J connectivity index is 2.11. The molecule has 2 aromatic carbocycles. The fraction of sp³-hybridized carbons (Fsp3) is 0.188. The monoisotopic (exact) mass is 300 g/mol. The van der Waals surface area contributed by atoms with E-state index in [1.54, 1.807) is 0 Å². The zero-order valence-corrected chi connectivity index (χ0v) is 13.1. The Morgan fingerprint density at radius 1 is 1.05 bits per heavy atom. The number of para-hydroxylation sites is 1. The number of aryl methyl sites for hydroxylation is 2. The summed E-state index contributed by atoms with van der Waals surface area (Å²) in [6.07, 6.45) is 0. The van der Waals surface area contributed by atoms with Crippen molar-refractivity contribution in [2.75, 3.05) is 5.01 Å². The van der Waals surface area contributed by atoms with E-state index in [-0.39, 0.29) is 0 Å². The molecule has 0 fully saturated rings. The Kier molecular flexibility index (Phi) is 5.25. The van der Waals surface area contributed by atoms with Crippen molar-refractivity contribution in [2.45, 2.75) is 19.6 Å². The number of nitrogens with zero attached hydrogens (tertiary/aromatic N) is 2. The first-order chi connectivity index (χ1) is 10.1. The molecule has 2 aromatic rings. The van der Waals surface area contributed by atoms with Crippen LogP contribution in [0, 0.1) is 13.8 Å². The zero-order valence-electron chi connectivity index (χ0n) is 12.3. The number of benzene rings is 2. The van der Waals surface area contributed by atoms with Crippen LogP contribution in [0.25, 0.3) is 0 Å². The molecule has 0 aliphatic rings. The predicted molar refractivity (Wildman–Crippen MR) is 91.9 cm³/mol. The summed E-state index contributed by atoms with van der Waals surface area (Å²) in [4.78, 5) is 0. The van der Waals surface area contributed by atoms with Gasteiger partial charge in [0, 0.05) is 5.75 Å². The minimum Gasteiger partial charge on any atom is -0.321 e. The van der Waals surface area contributed by atoms with Crippen LogP contribution in [-0.4, -0.2) is 5.17 Å². The maximum absolute atomic E-state index is 6.15. The molecule has 0 spiro atoms. The van der Waals surface area contributed by atoms with E-state index in [2.05, 4.69) is 24.2 Å². The van der Waals surface area contributed by atoms with Crippen molar-refractivity contribution in [3.05, 3.63) is 65.2 Å². The summed E-state index contributed by atoms with van der Waals surface area (Å²) in [5, 5.41) is 5.96. The smallest absolute Gasteiger partial charge is 0.201 e. The first-order valence-electron chi connectivity index (χ1n) is 6.69. The Hall–Kier alpha value is -1.98. The second-order valence-corrected chi connectivity index (χ2v) is 5.73. The molecule has 0 aliphatic heterocycles. The van der Waals surface area contributed by atoms with Gasteiger partial charge in [0.05, 0.1) is 5.69 Å². The molecule has 0 amide bonds. The molecule has 2 rings (SSSR count). The first kappa shape index (κ1) is 15.4. The molecule has 0 bridgehead atoms. The van der Waals surface area contributed by atoms with Gasteiger partial charge in [-0.15, -0.1) is 0 Å². The Morgan fingerprint density at radius 2 is 1.67 bits per heavy atom. The third-order valence-electron chi connectivity index (χ3n) is 3.31. The summed E-state index contributed by atoms with van der Waals surface area (Å²) in [5.74, 6) is 12.4. The highest BCUT2D eigenvalue weighted by atomic mass is 32.2. The van der Waals surface area contributed by atoms with Crippen molar-refractivity contribution in [3.8, 4) is 0 Å². The minimum atomic E-state index is 0.590. The Labute approximate surface area is 129 Å². The number of rotatable bonds is 3. The van der Waals surface area contributed by atoms with Crippen molar-refractivity contribution < 1.29 is 0 Å². The van der Waals surface area contributed by atoms with Gasteiger partial charge in [-0.05, 0) is 36.6 Å². The van der Waals surface area contributed by atoms with Gasteiger partial charge in [-0.3, -0.25) is 5.01 Å². The molecule has 5 heteroatoms. The number of hydrazone groups is 1. The molecule has 0 aliphatic carbocycles. The minimum absolute atomic E-state index is 0.590. The van der Waals surface area contributed by atoms with Crippen LogP contribution in [-0.2, 0) is 5.75 Å². The highest BCUT2D eigenvalue weighted by Gasteiger charge is 2.13. The molecule has 21 heavy (non-hydrogen) atoms. The van der Waals surface area contributed by atoms with Crippen molar-refractivity contribution in [3.63, 3.8) is 0 Å². The maximum Gasteiger partial charge on any atom is 0.201 e. The molecular formula is C16H20N4S. The van der Waals surface area contributed by atoms with Crippen LogP contribution >= 0.6 is 11.8 Å². The van der Waals surface area contributed by atoms with Gasteiger partial charge in [0.15, 0.2) is 0 Å². The topological polar surface area (TPSA) is 67.6 Å². The summed E-state index contributed by atoms with van der Waals surface area (Å²) in [5.41, 5.74) is 4.49. The lowest BCUT2D eigenvalue weighted by Crippen LogP contribution is -2.37. The van der Waals surface area contributed by atoms with Crippen molar-refractivity contribution in [2.24, 2.45) is 16.8 Å². The number of amidine groups is 1. The van der Waals surface area contributed by atoms with E-state index in [0.29, 0.717) is 5.17 Å². The fourth-order valence-corrected chi connectivity index (χ4v) is 2.94. The van der Waals surface area contributed by atoms with Gasteiger partial charge in [-0.2, -0.15) is 5.10 Å². The summed E-state index contributed by atoms with van der Waals surface area (Å²) in [7, 11) is 0.